The zero-order valence-electron chi connectivity index (χ0n) is 8.10. The highest BCUT2D eigenvalue weighted by atomic mass is 32.2. The number of nitrogens with one attached hydrogen (secondary N) is 1. The molecule has 0 aromatic carbocycles. The number of aromatic amines is 1. The van der Waals surface area contributed by atoms with E-state index in [0.717, 1.165) is 9.79 Å². The Bertz CT molecular complexity index is 439. The van der Waals surface area contributed by atoms with E-state index in [4.69, 9.17) is 4.74 Å². The van der Waals surface area contributed by atoms with E-state index in [1.807, 2.05) is 6.07 Å². The Kier molecular flexibility index (Phi) is 2.82. The van der Waals surface area contributed by atoms with E-state index in [9.17, 15) is 5.11 Å². The predicted octanol–water partition coefficient (Wildman–Crippen LogP) is 2.28. The minimum atomic E-state index is 0.246. The number of methoxy groups -OCH3 is 1. The Morgan fingerprint density at radius 3 is 2.80 bits per heavy atom. The number of hydrogen-bond acceptors (Lipinski definition) is 4. The molecule has 0 bridgehead atoms. The van der Waals surface area contributed by atoms with E-state index < -0.39 is 0 Å². The van der Waals surface area contributed by atoms with Gasteiger partial charge in [-0.2, -0.15) is 0 Å². The topological polar surface area (TPSA) is 58.1 Å². The molecule has 2 rings (SSSR count). The first kappa shape index (κ1) is 9.92. The zero-order chi connectivity index (χ0) is 10.7. The van der Waals surface area contributed by atoms with Crippen molar-refractivity contribution in [1.82, 2.24) is 9.97 Å². The monoisotopic (exact) mass is 222 g/mol. The summed E-state index contributed by atoms with van der Waals surface area (Å²) < 4.78 is 4.95. The van der Waals surface area contributed by atoms with Crippen LogP contribution in [0.5, 0.6) is 11.6 Å². The van der Waals surface area contributed by atoms with Crippen molar-refractivity contribution in [3.05, 3.63) is 30.7 Å². The molecule has 15 heavy (non-hydrogen) atoms. The molecule has 0 atom stereocenters. The molecule has 2 N–H and O–H groups in total. The van der Waals surface area contributed by atoms with Gasteiger partial charge in [0.15, 0.2) is 0 Å². The van der Waals surface area contributed by atoms with Crippen LogP contribution in [0, 0.1) is 0 Å². The summed E-state index contributed by atoms with van der Waals surface area (Å²) in [5.74, 6) is 0.827. The van der Waals surface area contributed by atoms with E-state index in [2.05, 4.69) is 9.97 Å². The molecule has 2 heterocycles. The molecule has 0 radical (unpaired) electrons. The van der Waals surface area contributed by atoms with Crippen LogP contribution in [0.15, 0.2) is 40.5 Å². The lowest BCUT2D eigenvalue weighted by molar-refractivity contribution is 0.397. The van der Waals surface area contributed by atoms with Gasteiger partial charge in [-0.25, -0.2) is 4.98 Å². The van der Waals surface area contributed by atoms with Crippen molar-refractivity contribution in [3.8, 4) is 11.6 Å². The van der Waals surface area contributed by atoms with Crippen LogP contribution in [0.25, 0.3) is 0 Å². The molecule has 0 spiro atoms. The van der Waals surface area contributed by atoms with E-state index in [-0.39, 0.29) is 5.75 Å². The highest BCUT2D eigenvalue weighted by Crippen LogP contribution is 2.33. The molecule has 0 aliphatic rings. The van der Waals surface area contributed by atoms with Gasteiger partial charge in [-0.15, -0.1) is 0 Å². The summed E-state index contributed by atoms with van der Waals surface area (Å²) in [5.41, 5.74) is 0. The standard InChI is InChI=1S/C10H10N2O2S/c1-14-10-3-2-7(4-12-10)15-9-6-11-5-8(9)13/h2-6,11,13H,1H3. The molecule has 0 saturated heterocycles. The summed E-state index contributed by atoms with van der Waals surface area (Å²) in [7, 11) is 1.58. The normalized spacial score (nSPS) is 10.2. The molecule has 5 heteroatoms. The van der Waals surface area contributed by atoms with Gasteiger partial charge >= 0.3 is 0 Å². The van der Waals surface area contributed by atoms with Crippen LogP contribution in [-0.4, -0.2) is 22.2 Å². The van der Waals surface area contributed by atoms with Gasteiger partial charge < -0.3 is 14.8 Å². The lowest BCUT2D eigenvalue weighted by Gasteiger charge is -2.01. The zero-order valence-corrected chi connectivity index (χ0v) is 8.91. The molecule has 0 saturated carbocycles. The lowest BCUT2D eigenvalue weighted by Crippen LogP contribution is -1.85. The summed E-state index contributed by atoms with van der Waals surface area (Å²) in [6.07, 6.45) is 4.99. The van der Waals surface area contributed by atoms with Crippen LogP contribution < -0.4 is 4.74 Å². The number of nitrogens with zero attached hydrogens (tertiary/aromatic N) is 1. The van der Waals surface area contributed by atoms with Gasteiger partial charge in [0.2, 0.25) is 5.88 Å². The lowest BCUT2D eigenvalue weighted by atomic mass is 10.5. The van der Waals surface area contributed by atoms with Crippen LogP contribution in [0.4, 0.5) is 0 Å². The van der Waals surface area contributed by atoms with Gasteiger partial charge in [-0.05, 0) is 6.07 Å². The largest absolute Gasteiger partial charge is 0.505 e. The molecule has 0 unspecified atom stereocenters. The average molecular weight is 222 g/mol. The molecule has 2 aromatic rings. The van der Waals surface area contributed by atoms with E-state index >= 15 is 0 Å². The smallest absolute Gasteiger partial charge is 0.212 e. The minimum absolute atomic E-state index is 0.246. The fourth-order valence-electron chi connectivity index (χ4n) is 1.10. The van der Waals surface area contributed by atoms with E-state index in [1.165, 1.54) is 11.8 Å². The Morgan fingerprint density at radius 1 is 1.40 bits per heavy atom. The highest BCUT2D eigenvalue weighted by Gasteiger charge is 2.04. The van der Waals surface area contributed by atoms with Crippen LogP contribution in [-0.2, 0) is 0 Å². The molecule has 0 fully saturated rings. The van der Waals surface area contributed by atoms with Crippen molar-refractivity contribution in [2.75, 3.05) is 7.11 Å². The molecule has 4 nitrogen and oxygen atoms in total. The van der Waals surface area contributed by atoms with E-state index in [1.54, 1.807) is 31.8 Å². The number of pyridine rings is 1. The summed E-state index contributed by atoms with van der Waals surface area (Å²) in [6, 6.07) is 3.68. The Balaban J connectivity index is 2.14. The molecule has 2 aromatic heterocycles. The predicted molar refractivity (Wildman–Crippen MR) is 57.4 cm³/mol. The maximum absolute atomic E-state index is 9.42. The minimum Gasteiger partial charge on any atom is -0.505 e. The maximum atomic E-state index is 9.42. The molecule has 0 amide bonds. The third-order valence-electron chi connectivity index (χ3n) is 1.83. The highest BCUT2D eigenvalue weighted by molar-refractivity contribution is 7.99. The van der Waals surface area contributed by atoms with Crippen LogP contribution in [0.1, 0.15) is 0 Å². The number of hydrogen-bond donors (Lipinski definition) is 2. The SMILES string of the molecule is COc1ccc(Sc2c[nH]cc2O)cn1. The van der Waals surface area contributed by atoms with Gasteiger partial charge in [-0.1, -0.05) is 11.8 Å². The molecular formula is C10H10N2O2S. The van der Waals surface area contributed by atoms with Gasteiger partial charge in [0, 0.05) is 29.6 Å². The molecular weight excluding hydrogens is 212 g/mol. The second-order valence-electron chi connectivity index (χ2n) is 2.84. The van der Waals surface area contributed by atoms with Crippen LogP contribution in [0.3, 0.4) is 0 Å². The van der Waals surface area contributed by atoms with Crippen LogP contribution >= 0.6 is 11.8 Å². The Morgan fingerprint density at radius 2 is 2.27 bits per heavy atom. The number of aromatic nitrogens is 2. The summed E-state index contributed by atoms with van der Waals surface area (Å²) in [5, 5.41) is 9.42. The Labute approximate surface area is 91.3 Å². The van der Waals surface area contributed by atoms with Crippen molar-refractivity contribution in [3.63, 3.8) is 0 Å². The molecule has 0 aliphatic carbocycles. The fraction of sp³-hybridized carbons (Fsp3) is 0.100. The van der Waals surface area contributed by atoms with Crippen LogP contribution in [0.2, 0.25) is 0 Å². The summed E-state index contributed by atoms with van der Waals surface area (Å²) >= 11 is 1.44. The fourth-order valence-corrected chi connectivity index (χ4v) is 1.88. The summed E-state index contributed by atoms with van der Waals surface area (Å²) in [6.45, 7) is 0. The average Bonchev–Trinajstić information content (AvgIpc) is 2.66. The number of rotatable bonds is 3. The molecule has 78 valence electrons. The van der Waals surface area contributed by atoms with Crippen molar-refractivity contribution >= 4 is 11.8 Å². The van der Waals surface area contributed by atoms with Gasteiger partial charge in [0.1, 0.15) is 5.75 Å². The quantitative estimate of drug-likeness (QED) is 0.836. The third kappa shape index (κ3) is 2.24. The van der Waals surface area contributed by atoms with Gasteiger partial charge in [-0.3, -0.25) is 0 Å². The first-order chi connectivity index (χ1) is 7.29. The molecule has 0 aliphatic heterocycles. The second-order valence-corrected chi connectivity index (χ2v) is 3.96. The number of H-pyrrole nitrogens is 1. The van der Waals surface area contributed by atoms with E-state index in [0.29, 0.717) is 5.88 Å². The maximum Gasteiger partial charge on any atom is 0.212 e. The third-order valence-corrected chi connectivity index (χ3v) is 2.86. The number of ether oxygens (including phenoxy) is 1. The van der Waals surface area contributed by atoms with Crippen molar-refractivity contribution < 1.29 is 9.84 Å². The summed E-state index contributed by atoms with van der Waals surface area (Å²) in [4.78, 5) is 8.63. The van der Waals surface area contributed by atoms with Crippen molar-refractivity contribution in [2.24, 2.45) is 0 Å². The van der Waals surface area contributed by atoms with Crippen molar-refractivity contribution in [2.45, 2.75) is 9.79 Å². The van der Waals surface area contributed by atoms with Gasteiger partial charge in [0.25, 0.3) is 0 Å². The first-order valence-electron chi connectivity index (χ1n) is 4.33. The first-order valence-corrected chi connectivity index (χ1v) is 5.15. The second kappa shape index (κ2) is 4.27. The number of aromatic hydroxyl groups is 1. The Hall–Kier alpha value is -1.62. The van der Waals surface area contributed by atoms with Gasteiger partial charge in [0.05, 0.1) is 12.0 Å². The van der Waals surface area contributed by atoms with Crippen molar-refractivity contribution in [1.29, 1.82) is 0 Å².